The predicted octanol–water partition coefficient (Wildman–Crippen LogP) is 3.79. The van der Waals surface area contributed by atoms with E-state index < -0.39 is 5.91 Å². The highest BCUT2D eigenvalue weighted by atomic mass is 32.1. The van der Waals surface area contributed by atoms with Crippen LogP contribution < -0.4 is 10.8 Å². The lowest BCUT2D eigenvalue weighted by molar-refractivity contribution is -0.124. The second kappa shape index (κ2) is 8.12. The molecule has 1 aliphatic carbocycles. The molecule has 0 unspecified atom stereocenters. The van der Waals surface area contributed by atoms with Gasteiger partial charge in [0.15, 0.2) is 5.13 Å². The van der Waals surface area contributed by atoms with E-state index in [0.717, 1.165) is 23.3 Å². The van der Waals surface area contributed by atoms with Crippen LogP contribution in [0.15, 0.2) is 29.9 Å². The van der Waals surface area contributed by atoms with Crippen LogP contribution >= 0.6 is 11.3 Å². The molecule has 1 fully saturated rings. The van der Waals surface area contributed by atoms with Crippen molar-refractivity contribution in [3.8, 4) is 0 Å². The van der Waals surface area contributed by atoms with Gasteiger partial charge in [0.1, 0.15) is 0 Å². The minimum absolute atomic E-state index is 0.572. The van der Waals surface area contributed by atoms with Gasteiger partial charge in [-0.05, 0) is 30.9 Å². The van der Waals surface area contributed by atoms with Gasteiger partial charge in [-0.15, -0.1) is 11.3 Å². The maximum absolute atomic E-state index is 11.0. The maximum atomic E-state index is 11.0. The zero-order chi connectivity index (χ0) is 16.8. The molecule has 1 aliphatic rings. The lowest BCUT2D eigenvalue weighted by Crippen LogP contribution is -2.14. The SMILES string of the molecule is O=C(C=Cc1csc(Nc2ccn(CC3CCCCC3)c2)n1)NO. The van der Waals surface area contributed by atoms with E-state index in [1.165, 1.54) is 49.5 Å². The van der Waals surface area contributed by atoms with E-state index in [0.29, 0.717) is 5.69 Å². The summed E-state index contributed by atoms with van der Waals surface area (Å²) >= 11 is 1.47. The van der Waals surface area contributed by atoms with E-state index in [4.69, 9.17) is 5.21 Å². The third-order valence-corrected chi connectivity index (χ3v) is 5.01. The lowest BCUT2D eigenvalue weighted by Gasteiger charge is -2.21. The van der Waals surface area contributed by atoms with E-state index >= 15 is 0 Å². The lowest BCUT2D eigenvalue weighted by atomic mass is 9.89. The van der Waals surface area contributed by atoms with Gasteiger partial charge in [0.05, 0.1) is 11.4 Å². The van der Waals surface area contributed by atoms with Crippen LogP contribution in [0.1, 0.15) is 37.8 Å². The van der Waals surface area contributed by atoms with Gasteiger partial charge in [0, 0.05) is 30.4 Å². The first-order chi connectivity index (χ1) is 11.7. The molecule has 0 bridgehead atoms. The van der Waals surface area contributed by atoms with Gasteiger partial charge >= 0.3 is 0 Å². The highest BCUT2D eigenvalue weighted by Crippen LogP contribution is 2.26. The average Bonchev–Trinajstić information content (AvgIpc) is 3.23. The van der Waals surface area contributed by atoms with Crippen LogP contribution in [-0.2, 0) is 11.3 Å². The number of hydrogen-bond donors (Lipinski definition) is 3. The number of aromatic nitrogens is 2. The molecular weight excluding hydrogens is 324 g/mol. The summed E-state index contributed by atoms with van der Waals surface area (Å²) < 4.78 is 2.25. The van der Waals surface area contributed by atoms with Crippen molar-refractivity contribution < 1.29 is 10.0 Å². The standard InChI is InChI=1S/C17H22N4O2S/c22-16(20-23)7-6-15-12-24-17(19-15)18-14-8-9-21(11-14)10-13-4-2-1-3-5-13/h6-9,11-13,23H,1-5,10H2,(H,18,19)(H,20,22). The Kier molecular flexibility index (Phi) is 5.66. The van der Waals surface area contributed by atoms with Crippen molar-refractivity contribution in [2.45, 2.75) is 38.6 Å². The van der Waals surface area contributed by atoms with Crippen LogP contribution in [-0.4, -0.2) is 20.7 Å². The van der Waals surface area contributed by atoms with E-state index in [1.54, 1.807) is 11.6 Å². The molecule has 0 aromatic carbocycles. The third kappa shape index (κ3) is 4.69. The first kappa shape index (κ1) is 16.7. The zero-order valence-corrected chi connectivity index (χ0v) is 14.3. The van der Waals surface area contributed by atoms with E-state index in [9.17, 15) is 4.79 Å². The molecule has 24 heavy (non-hydrogen) atoms. The Morgan fingerprint density at radius 1 is 1.42 bits per heavy atom. The highest BCUT2D eigenvalue weighted by Gasteiger charge is 2.13. The number of nitrogens with zero attached hydrogens (tertiary/aromatic N) is 2. The van der Waals surface area contributed by atoms with Gasteiger partial charge < -0.3 is 9.88 Å². The van der Waals surface area contributed by atoms with Crippen LogP contribution in [0.3, 0.4) is 0 Å². The molecule has 2 heterocycles. The number of carbonyl (C=O) groups is 1. The number of thiazole rings is 1. The number of hydroxylamine groups is 1. The molecule has 3 N–H and O–H groups in total. The molecule has 7 heteroatoms. The number of rotatable bonds is 6. The fourth-order valence-corrected chi connectivity index (χ4v) is 3.74. The van der Waals surface area contributed by atoms with Crippen LogP contribution in [0.25, 0.3) is 6.08 Å². The molecule has 1 amide bonds. The van der Waals surface area contributed by atoms with Crippen LogP contribution in [0.2, 0.25) is 0 Å². The van der Waals surface area contributed by atoms with Crippen molar-refractivity contribution in [3.63, 3.8) is 0 Å². The first-order valence-electron chi connectivity index (χ1n) is 8.23. The predicted molar refractivity (Wildman–Crippen MR) is 95.4 cm³/mol. The van der Waals surface area contributed by atoms with Gasteiger partial charge in [-0.3, -0.25) is 10.0 Å². The largest absolute Gasteiger partial charge is 0.352 e. The fraction of sp³-hybridized carbons (Fsp3) is 0.412. The van der Waals surface area contributed by atoms with Gasteiger partial charge in [0.2, 0.25) is 0 Å². The summed E-state index contributed by atoms with van der Waals surface area (Å²) in [6.45, 7) is 1.09. The second-order valence-electron chi connectivity index (χ2n) is 6.11. The van der Waals surface area contributed by atoms with Crippen molar-refractivity contribution in [1.29, 1.82) is 0 Å². The Balaban J connectivity index is 1.55. The zero-order valence-electron chi connectivity index (χ0n) is 13.4. The van der Waals surface area contributed by atoms with Gasteiger partial charge in [-0.25, -0.2) is 10.5 Å². The average molecular weight is 346 g/mol. The minimum atomic E-state index is -0.572. The molecule has 128 valence electrons. The molecule has 1 saturated carbocycles. The van der Waals surface area contributed by atoms with E-state index in [1.807, 2.05) is 5.38 Å². The number of amides is 1. The summed E-state index contributed by atoms with van der Waals surface area (Å²) in [6.07, 6.45) is 13.8. The monoisotopic (exact) mass is 346 g/mol. The maximum Gasteiger partial charge on any atom is 0.267 e. The van der Waals surface area contributed by atoms with Crippen molar-refractivity contribution in [2.24, 2.45) is 5.92 Å². The van der Waals surface area contributed by atoms with Crippen molar-refractivity contribution >= 4 is 34.1 Å². The molecule has 6 nitrogen and oxygen atoms in total. The summed E-state index contributed by atoms with van der Waals surface area (Å²) in [4.78, 5) is 15.3. The Bertz CT molecular complexity index is 701. The van der Waals surface area contributed by atoms with Crippen molar-refractivity contribution in [2.75, 3.05) is 5.32 Å². The number of hydrogen-bond acceptors (Lipinski definition) is 5. The molecule has 0 saturated heterocycles. The topological polar surface area (TPSA) is 79.2 Å². The summed E-state index contributed by atoms with van der Waals surface area (Å²) in [7, 11) is 0. The number of anilines is 2. The summed E-state index contributed by atoms with van der Waals surface area (Å²) in [6, 6.07) is 2.05. The van der Waals surface area contributed by atoms with Crippen LogP contribution in [0, 0.1) is 5.92 Å². The molecule has 0 radical (unpaired) electrons. The third-order valence-electron chi connectivity index (χ3n) is 4.23. The second-order valence-corrected chi connectivity index (χ2v) is 6.97. The van der Waals surface area contributed by atoms with Crippen molar-refractivity contribution in [3.05, 3.63) is 35.6 Å². The van der Waals surface area contributed by atoms with E-state index in [2.05, 4.69) is 33.3 Å². The minimum Gasteiger partial charge on any atom is -0.352 e. The molecular formula is C17H22N4O2S. The van der Waals surface area contributed by atoms with E-state index in [-0.39, 0.29) is 0 Å². The van der Waals surface area contributed by atoms with Crippen molar-refractivity contribution in [1.82, 2.24) is 15.0 Å². The molecule has 2 aromatic heterocycles. The Morgan fingerprint density at radius 2 is 2.25 bits per heavy atom. The number of carbonyl (C=O) groups excluding carboxylic acids is 1. The Labute approximate surface area is 145 Å². The Hall–Kier alpha value is -2.12. The molecule has 0 aliphatic heterocycles. The number of nitrogens with one attached hydrogen (secondary N) is 2. The van der Waals surface area contributed by atoms with Crippen LogP contribution in [0.5, 0.6) is 0 Å². The Morgan fingerprint density at radius 3 is 3.04 bits per heavy atom. The quantitative estimate of drug-likeness (QED) is 0.422. The summed E-state index contributed by atoms with van der Waals surface area (Å²) in [5.74, 6) is 0.227. The van der Waals surface area contributed by atoms with Gasteiger partial charge in [0.25, 0.3) is 5.91 Å². The van der Waals surface area contributed by atoms with Crippen LogP contribution in [0.4, 0.5) is 10.8 Å². The fourth-order valence-electron chi connectivity index (χ4n) is 3.04. The molecule has 3 rings (SSSR count). The smallest absolute Gasteiger partial charge is 0.267 e. The van der Waals surface area contributed by atoms with Gasteiger partial charge in [-0.2, -0.15) is 0 Å². The first-order valence-corrected chi connectivity index (χ1v) is 9.11. The highest BCUT2D eigenvalue weighted by molar-refractivity contribution is 7.13. The molecule has 0 spiro atoms. The molecule has 0 atom stereocenters. The summed E-state index contributed by atoms with van der Waals surface area (Å²) in [5, 5.41) is 14.4. The van der Waals surface area contributed by atoms with Gasteiger partial charge in [-0.1, -0.05) is 19.3 Å². The summed E-state index contributed by atoms with van der Waals surface area (Å²) in [5.41, 5.74) is 3.24. The normalized spacial score (nSPS) is 15.7. The molecule has 2 aromatic rings.